The molecule has 0 radical (unpaired) electrons. The van der Waals surface area contributed by atoms with Crippen LogP contribution >= 0.6 is 0 Å². The lowest BCUT2D eigenvalue weighted by molar-refractivity contribution is -0.146. The Morgan fingerprint density at radius 3 is 1.44 bits per heavy atom. The van der Waals surface area contributed by atoms with Crippen LogP contribution in [0.4, 0.5) is 0 Å². The molecule has 0 aromatic heterocycles. The molecule has 0 spiro atoms. The average molecular weight is 487 g/mol. The summed E-state index contributed by atoms with van der Waals surface area (Å²) in [6.45, 7) is 2.58. The van der Waals surface area contributed by atoms with Gasteiger partial charge in [-0.3, -0.25) is 29.0 Å². The number of benzene rings is 2. The van der Waals surface area contributed by atoms with Crippen LogP contribution in [0, 0.1) is 23.7 Å². The molecule has 4 amide bonds. The van der Waals surface area contributed by atoms with E-state index in [2.05, 4.69) is 55.5 Å². The number of likely N-dealkylation sites (tertiary alicyclic amines) is 2. The fraction of sp³-hybridized carbons (Fsp3) is 0.467. The van der Waals surface area contributed by atoms with E-state index in [9.17, 15) is 19.2 Å². The molecule has 6 nitrogen and oxygen atoms in total. The molecular formula is C30H34N2O4. The minimum atomic E-state index is -0.637. The molecule has 3 fully saturated rings. The first-order valence-electron chi connectivity index (χ1n) is 13.3. The number of imide groups is 2. The zero-order valence-electron chi connectivity index (χ0n) is 21.1. The first-order valence-corrected chi connectivity index (χ1v) is 13.3. The summed E-state index contributed by atoms with van der Waals surface area (Å²) in [7, 11) is 1.43. The maximum atomic E-state index is 12.8. The summed E-state index contributed by atoms with van der Waals surface area (Å²) in [4.78, 5) is 52.6. The second-order valence-electron chi connectivity index (χ2n) is 10.5. The Labute approximate surface area is 212 Å². The summed E-state index contributed by atoms with van der Waals surface area (Å²) in [5, 5.41) is 0. The SMILES string of the molecule is CCCCCc1ccc(-c2ccc(CCCCN3C(=O)C4C5C(=O)N(C)C(=O)C5C4C3=O)cc2)cc1. The average Bonchev–Trinajstić information content (AvgIpc) is 3.17. The van der Waals surface area contributed by atoms with Gasteiger partial charge in [-0.15, -0.1) is 0 Å². The third-order valence-electron chi connectivity index (χ3n) is 8.29. The lowest BCUT2D eigenvalue weighted by Crippen LogP contribution is -2.50. The largest absolute Gasteiger partial charge is 0.285 e. The van der Waals surface area contributed by atoms with Crippen LogP contribution in [0.3, 0.4) is 0 Å². The molecule has 2 aliphatic heterocycles. The molecule has 3 aliphatic rings. The summed E-state index contributed by atoms with van der Waals surface area (Å²) in [5.41, 5.74) is 5.03. The van der Waals surface area contributed by atoms with E-state index >= 15 is 0 Å². The number of fused-ring (bicyclic) bond motifs is 4. The molecule has 6 heteroatoms. The molecule has 2 aromatic carbocycles. The number of amides is 4. The summed E-state index contributed by atoms with van der Waals surface area (Å²) in [5.74, 6) is -3.73. The monoisotopic (exact) mass is 486 g/mol. The maximum Gasteiger partial charge on any atom is 0.233 e. The fourth-order valence-electron chi connectivity index (χ4n) is 6.13. The number of carbonyl (C=O) groups is 4. The Morgan fingerprint density at radius 2 is 1.00 bits per heavy atom. The lowest BCUT2D eigenvalue weighted by atomic mass is 9.59. The van der Waals surface area contributed by atoms with E-state index in [0.29, 0.717) is 13.0 Å². The number of rotatable bonds is 10. The van der Waals surface area contributed by atoms with E-state index in [0.717, 1.165) is 24.2 Å². The van der Waals surface area contributed by atoms with Gasteiger partial charge in [0.05, 0.1) is 23.7 Å². The van der Waals surface area contributed by atoms with Gasteiger partial charge in [-0.05, 0) is 54.4 Å². The van der Waals surface area contributed by atoms with E-state index in [1.54, 1.807) is 0 Å². The third-order valence-corrected chi connectivity index (χ3v) is 8.29. The summed E-state index contributed by atoms with van der Waals surface area (Å²) in [6, 6.07) is 17.4. The van der Waals surface area contributed by atoms with Gasteiger partial charge in [-0.1, -0.05) is 68.3 Å². The van der Waals surface area contributed by atoms with Crippen molar-refractivity contribution in [1.29, 1.82) is 0 Å². The van der Waals surface area contributed by atoms with Gasteiger partial charge in [0.1, 0.15) is 0 Å². The van der Waals surface area contributed by atoms with E-state index in [1.165, 1.54) is 53.5 Å². The molecule has 2 heterocycles. The van der Waals surface area contributed by atoms with Crippen molar-refractivity contribution in [3.05, 3.63) is 59.7 Å². The van der Waals surface area contributed by atoms with Crippen LogP contribution in [0.1, 0.15) is 50.2 Å². The fourth-order valence-corrected chi connectivity index (χ4v) is 6.13. The van der Waals surface area contributed by atoms with Crippen LogP contribution in [-0.2, 0) is 32.0 Å². The zero-order valence-corrected chi connectivity index (χ0v) is 21.1. The van der Waals surface area contributed by atoms with Crippen molar-refractivity contribution in [3.8, 4) is 11.1 Å². The van der Waals surface area contributed by atoms with E-state index in [1.807, 2.05) is 0 Å². The van der Waals surface area contributed by atoms with Gasteiger partial charge >= 0.3 is 0 Å². The molecule has 2 aromatic rings. The van der Waals surface area contributed by atoms with Crippen molar-refractivity contribution in [2.24, 2.45) is 23.7 Å². The molecule has 4 atom stereocenters. The highest BCUT2D eigenvalue weighted by atomic mass is 16.2. The second kappa shape index (κ2) is 10.00. The zero-order chi connectivity index (χ0) is 25.4. The molecule has 36 heavy (non-hydrogen) atoms. The number of aryl methyl sites for hydroxylation is 2. The topological polar surface area (TPSA) is 74.8 Å². The van der Waals surface area contributed by atoms with Gasteiger partial charge in [0.25, 0.3) is 0 Å². The van der Waals surface area contributed by atoms with Gasteiger partial charge in [0.2, 0.25) is 23.6 Å². The summed E-state index contributed by atoms with van der Waals surface area (Å²) in [6.07, 6.45) is 7.31. The van der Waals surface area contributed by atoms with Crippen molar-refractivity contribution in [3.63, 3.8) is 0 Å². The Bertz CT molecular complexity index is 1130. The maximum absolute atomic E-state index is 12.8. The standard InChI is InChI=1S/C30H34N2O4/c1-3-4-5-8-19-10-14-21(15-11-19)22-16-12-20(13-17-22)9-6-7-18-32-29(35)25-23-24(26(25)30(32)36)28(34)31(2)27(23)33/h10-17,23-26H,3-9,18H2,1-2H3. The van der Waals surface area contributed by atoms with Crippen molar-refractivity contribution in [2.75, 3.05) is 13.6 Å². The Morgan fingerprint density at radius 1 is 0.583 bits per heavy atom. The van der Waals surface area contributed by atoms with Gasteiger partial charge in [0.15, 0.2) is 0 Å². The van der Waals surface area contributed by atoms with E-state index in [-0.39, 0.29) is 23.6 Å². The molecule has 0 N–H and O–H groups in total. The number of hydrogen-bond donors (Lipinski definition) is 0. The smallest absolute Gasteiger partial charge is 0.233 e. The summed E-state index contributed by atoms with van der Waals surface area (Å²) < 4.78 is 0. The molecule has 4 unspecified atom stereocenters. The van der Waals surface area contributed by atoms with Crippen molar-refractivity contribution in [2.45, 2.75) is 51.9 Å². The van der Waals surface area contributed by atoms with Gasteiger partial charge in [-0.2, -0.15) is 0 Å². The second-order valence-corrected chi connectivity index (χ2v) is 10.5. The molecule has 1 aliphatic carbocycles. The molecule has 2 saturated heterocycles. The molecule has 5 rings (SSSR count). The quantitative estimate of drug-likeness (QED) is 0.372. The van der Waals surface area contributed by atoms with E-state index < -0.39 is 23.7 Å². The normalized spacial score (nSPS) is 24.8. The van der Waals surface area contributed by atoms with Crippen molar-refractivity contribution >= 4 is 23.6 Å². The minimum Gasteiger partial charge on any atom is -0.285 e. The molecular weight excluding hydrogens is 452 g/mol. The van der Waals surface area contributed by atoms with Gasteiger partial charge in [-0.25, -0.2) is 0 Å². The number of carbonyl (C=O) groups excluding carboxylic acids is 4. The minimum absolute atomic E-state index is 0.275. The predicted octanol–water partition coefficient (Wildman–Crippen LogP) is 4.25. The van der Waals surface area contributed by atoms with Crippen LogP contribution in [0.5, 0.6) is 0 Å². The van der Waals surface area contributed by atoms with E-state index in [4.69, 9.17) is 0 Å². The Kier molecular flexibility index (Phi) is 6.78. The molecule has 0 bridgehead atoms. The van der Waals surface area contributed by atoms with Crippen LogP contribution in [-0.4, -0.2) is 47.0 Å². The summed E-state index contributed by atoms with van der Waals surface area (Å²) >= 11 is 0. The lowest BCUT2D eigenvalue weighted by Gasteiger charge is -2.36. The predicted molar refractivity (Wildman–Crippen MR) is 137 cm³/mol. The highest BCUT2D eigenvalue weighted by molar-refractivity contribution is 6.17. The Balaban J connectivity index is 1.10. The first-order chi connectivity index (χ1) is 17.4. The van der Waals surface area contributed by atoms with Crippen LogP contribution in [0.2, 0.25) is 0 Å². The van der Waals surface area contributed by atoms with Gasteiger partial charge < -0.3 is 0 Å². The van der Waals surface area contributed by atoms with Crippen LogP contribution in [0.25, 0.3) is 11.1 Å². The van der Waals surface area contributed by atoms with Crippen molar-refractivity contribution in [1.82, 2.24) is 9.80 Å². The molecule has 1 saturated carbocycles. The van der Waals surface area contributed by atoms with Gasteiger partial charge in [0, 0.05) is 13.6 Å². The number of nitrogens with zero attached hydrogens (tertiary/aromatic N) is 2. The highest BCUT2D eigenvalue weighted by Gasteiger charge is 2.72. The number of hydrogen-bond acceptors (Lipinski definition) is 4. The Hall–Kier alpha value is -3.28. The third kappa shape index (κ3) is 4.16. The molecule has 188 valence electrons. The highest BCUT2D eigenvalue weighted by Crippen LogP contribution is 2.56. The van der Waals surface area contributed by atoms with Crippen LogP contribution < -0.4 is 0 Å². The first kappa shape index (κ1) is 24.4. The van der Waals surface area contributed by atoms with Crippen molar-refractivity contribution < 1.29 is 19.2 Å². The van der Waals surface area contributed by atoms with Crippen LogP contribution in [0.15, 0.2) is 48.5 Å². The number of unbranched alkanes of at least 4 members (excludes halogenated alkanes) is 3.